The van der Waals surface area contributed by atoms with Crippen LogP contribution in [-0.2, 0) is 5.75 Å². The number of aromatic nitrogens is 1. The van der Waals surface area contributed by atoms with Crippen LogP contribution in [0.3, 0.4) is 0 Å². The number of thiazole rings is 1. The van der Waals surface area contributed by atoms with Crippen molar-refractivity contribution in [2.75, 3.05) is 0 Å². The Hall–Kier alpha value is -0.0200. The minimum atomic E-state index is 0.757. The summed E-state index contributed by atoms with van der Waals surface area (Å²) in [4.78, 5) is 5.79. The summed E-state index contributed by atoms with van der Waals surface area (Å²) in [5, 5.41) is 1.35. The Morgan fingerprint density at radius 1 is 1.38 bits per heavy atom. The lowest BCUT2D eigenvalue weighted by molar-refractivity contribution is 0.442. The van der Waals surface area contributed by atoms with E-state index in [0.717, 1.165) is 11.7 Å². The average Bonchev–Trinajstić information content (AvgIpc) is 2.67. The molecule has 2 rings (SSSR count). The van der Waals surface area contributed by atoms with Crippen molar-refractivity contribution in [3.05, 3.63) is 16.1 Å². The lowest BCUT2D eigenvalue weighted by Crippen LogP contribution is -2.03. The predicted molar refractivity (Wildman–Crippen MR) is 60.6 cm³/mol. The third-order valence-electron chi connectivity index (χ3n) is 2.68. The average molecular weight is 213 g/mol. The lowest BCUT2D eigenvalue weighted by atomic mass is 9.90. The van der Waals surface area contributed by atoms with E-state index in [0.29, 0.717) is 0 Å². The Labute approximate surface area is 89.0 Å². The minimum Gasteiger partial charge on any atom is -0.249 e. The highest BCUT2D eigenvalue weighted by atomic mass is 32.1. The smallest absolute Gasteiger partial charge is 0.0958 e. The first-order valence-electron chi connectivity index (χ1n) is 4.95. The molecule has 1 aliphatic rings. The van der Waals surface area contributed by atoms with Gasteiger partial charge >= 0.3 is 0 Å². The number of hydrogen-bond acceptors (Lipinski definition) is 3. The normalized spacial score (nSPS) is 19.2. The largest absolute Gasteiger partial charge is 0.249 e. The first kappa shape index (κ1) is 9.53. The van der Waals surface area contributed by atoms with Gasteiger partial charge in [0.25, 0.3) is 0 Å². The molecule has 13 heavy (non-hydrogen) atoms. The predicted octanol–water partition coefficient (Wildman–Crippen LogP) is 3.62. The lowest BCUT2D eigenvalue weighted by Gasteiger charge is -2.18. The third kappa shape index (κ3) is 2.26. The third-order valence-corrected chi connectivity index (χ3v) is 4.40. The summed E-state index contributed by atoms with van der Waals surface area (Å²) in [7, 11) is 0. The van der Waals surface area contributed by atoms with Crippen LogP contribution in [0.5, 0.6) is 0 Å². The molecule has 0 spiro atoms. The zero-order valence-electron chi connectivity index (χ0n) is 7.70. The molecule has 3 heteroatoms. The molecule has 0 saturated heterocycles. The van der Waals surface area contributed by atoms with E-state index >= 15 is 0 Å². The molecule has 1 heterocycles. The molecule has 1 aliphatic carbocycles. The highest BCUT2D eigenvalue weighted by Crippen LogP contribution is 2.34. The van der Waals surface area contributed by atoms with Crippen LogP contribution in [0.25, 0.3) is 0 Å². The topological polar surface area (TPSA) is 12.9 Å². The Balaban J connectivity index is 2.05. The molecule has 0 aliphatic heterocycles. The van der Waals surface area contributed by atoms with Crippen molar-refractivity contribution in [1.82, 2.24) is 4.98 Å². The molecule has 0 bridgehead atoms. The van der Waals surface area contributed by atoms with Crippen LogP contribution >= 0.6 is 24.0 Å². The zero-order valence-corrected chi connectivity index (χ0v) is 9.41. The molecular weight excluding hydrogens is 198 g/mol. The van der Waals surface area contributed by atoms with Crippen molar-refractivity contribution in [3.63, 3.8) is 0 Å². The summed E-state index contributed by atoms with van der Waals surface area (Å²) < 4.78 is 0. The van der Waals surface area contributed by atoms with Crippen LogP contribution in [0.4, 0.5) is 0 Å². The fraction of sp³-hybridized carbons (Fsp3) is 0.700. The second kappa shape index (κ2) is 4.47. The van der Waals surface area contributed by atoms with E-state index in [4.69, 9.17) is 0 Å². The van der Waals surface area contributed by atoms with Crippen LogP contribution in [0.15, 0.2) is 6.20 Å². The summed E-state index contributed by atoms with van der Waals surface area (Å²) in [6.07, 6.45) is 8.88. The van der Waals surface area contributed by atoms with E-state index in [1.807, 2.05) is 17.5 Å². The summed E-state index contributed by atoms with van der Waals surface area (Å²) in [6, 6.07) is 0. The quantitative estimate of drug-likeness (QED) is 0.740. The van der Waals surface area contributed by atoms with Crippen LogP contribution in [0.1, 0.15) is 47.9 Å². The Morgan fingerprint density at radius 3 is 2.77 bits per heavy atom. The number of rotatable bonds is 2. The second-order valence-electron chi connectivity index (χ2n) is 3.66. The molecule has 1 nitrogen and oxygen atoms in total. The molecule has 1 aromatic rings. The van der Waals surface area contributed by atoms with E-state index in [9.17, 15) is 0 Å². The molecule has 0 atom stereocenters. The summed E-state index contributed by atoms with van der Waals surface area (Å²) >= 11 is 6.11. The van der Waals surface area contributed by atoms with E-state index in [1.54, 1.807) is 0 Å². The van der Waals surface area contributed by atoms with Crippen molar-refractivity contribution in [2.24, 2.45) is 0 Å². The van der Waals surface area contributed by atoms with Crippen molar-refractivity contribution < 1.29 is 0 Å². The second-order valence-corrected chi connectivity index (χ2v) is 5.12. The summed E-state index contributed by atoms with van der Waals surface area (Å²) in [5.41, 5.74) is 0. The van der Waals surface area contributed by atoms with Crippen LogP contribution in [0, 0.1) is 0 Å². The van der Waals surface area contributed by atoms with Gasteiger partial charge in [0.2, 0.25) is 0 Å². The van der Waals surface area contributed by atoms with E-state index in [1.165, 1.54) is 42.0 Å². The fourth-order valence-corrected chi connectivity index (χ4v) is 3.16. The van der Waals surface area contributed by atoms with Gasteiger partial charge in [-0.25, -0.2) is 4.98 Å². The SMILES string of the molecule is SCc1cnc(C2CCCCC2)s1. The Bertz CT molecular complexity index is 264. The fourth-order valence-electron chi connectivity index (χ4n) is 1.93. The highest BCUT2D eigenvalue weighted by molar-refractivity contribution is 7.79. The van der Waals surface area contributed by atoms with Crippen molar-refractivity contribution in [1.29, 1.82) is 0 Å². The molecular formula is C10H15NS2. The van der Waals surface area contributed by atoms with Gasteiger partial charge in [-0.15, -0.1) is 11.3 Å². The zero-order chi connectivity index (χ0) is 9.10. The maximum Gasteiger partial charge on any atom is 0.0958 e. The number of hydrogen-bond donors (Lipinski definition) is 1. The van der Waals surface area contributed by atoms with Gasteiger partial charge in [0.15, 0.2) is 0 Å². The Morgan fingerprint density at radius 2 is 2.15 bits per heavy atom. The molecule has 1 aromatic heterocycles. The van der Waals surface area contributed by atoms with Crippen molar-refractivity contribution in [2.45, 2.75) is 43.8 Å². The van der Waals surface area contributed by atoms with Gasteiger partial charge < -0.3 is 0 Å². The molecule has 1 fully saturated rings. The summed E-state index contributed by atoms with van der Waals surface area (Å²) in [5.74, 6) is 1.59. The van der Waals surface area contributed by atoms with Crippen LogP contribution < -0.4 is 0 Å². The molecule has 72 valence electrons. The van der Waals surface area contributed by atoms with E-state index < -0.39 is 0 Å². The first-order valence-corrected chi connectivity index (χ1v) is 6.40. The van der Waals surface area contributed by atoms with Gasteiger partial charge in [-0.1, -0.05) is 19.3 Å². The van der Waals surface area contributed by atoms with Gasteiger partial charge in [-0.3, -0.25) is 0 Å². The molecule has 0 aromatic carbocycles. The van der Waals surface area contributed by atoms with E-state index in [2.05, 4.69) is 17.6 Å². The van der Waals surface area contributed by atoms with Gasteiger partial charge in [0.05, 0.1) is 5.01 Å². The van der Waals surface area contributed by atoms with Crippen LogP contribution in [0.2, 0.25) is 0 Å². The highest BCUT2D eigenvalue weighted by Gasteiger charge is 2.18. The molecule has 0 N–H and O–H groups in total. The number of nitrogens with zero attached hydrogens (tertiary/aromatic N) is 1. The number of thiol groups is 1. The molecule has 0 unspecified atom stereocenters. The maximum atomic E-state index is 4.48. The van der Waals surface area contributed by atoms with Gasteiger partial charge in [0, 0.05) is 22.7 Å². The van der Waals surface area contributed by atoms with Crippen molar-refractivity contribution >= 4 is 24.0 Å². The summed E-state index contributed by atoms with van der Waals surface area (Å²) in [6.45, 7) is 0. The van der Waals surface area contributed by atoms with Crippen LogP contribution in [-0.4, -0.2) is 4.98 Å². The maximum absolute atomic E-state index is 4.48. The van der Waals surface area contributed by atoms with Gasteiger partial charge in [-0.2, -0.15) is 12.6 Å². The minimum absolute atomic E-state index is 0.757. The Kier molecular flexibility index (Phi) is 3.28. The molecule has 1 saturated carbocycles. The van der Waals surface area contributed by atoms with Crippen molar-refractivity contribution in [3.8, 4) is 0 Å². The molecule has 0 amide bonds. The monoisotopic (exact) mass is 213 g/mol. The first-order chi connectivity index (χ1) is 6.40. The van der Waals surface area contributed by atoms with E-state index in [-0.39, 0.29) is 0 Å². The van der Waals surface area contributed by atoms with Gasteiger partial charge in [0.1, 0.15) is 0 Å². The molecule has 0 radical (unpaired) electrons. The van der Waals surface area contributed by atoms with Gasteiger partial charge in [-0.05, 0) is 12.8 Å². The standard InChI is InChI=1S/C10H15NS2/c12-7-9-6-11-10(13-9)8-4-2-1-3-5-8/h6,8,12H,1-5,7H2.